The Labute approximate surface area is 233 Å². The van der Waals surface area contributed by atoms with E-state index in [0.717, 1.165) is 10.8 Å². The zero-order valence-corrected chi connectivity index (χ0v) is 23.5. The molecule has 1 aliphatic rings. The van der Waals surface area contributed by atoms with Gasteiger partial charge in [0.1, 0.15) is 17.5 Å². The van der Waals surface area contributed by atoms with Gasteiger partial charge >= 0.3 is 5.97 Å². The average molecular weight is 561 g/mol. The van der Waals surface area contributed by atoms with Gasteiger partial charge in [-0.15, -0.1) is 0 Å². The van der Waals surface area contributed by atoms with Crippen molar-refractivity contribution in [3.8, 4) is 23.0 Å². The number of methoxy groups -OCH3 is 3. The minimum absolute atomic E-state index is 0.00529. The van der Waals surface area contributed by atoms with E-state index in [9.17, 15) is 14.7 Å². The van der Waals surface area contributed by atoms with Crippen LogP contribution >= 0.6 is 11.3 Å². The molecule has 5 rings (SSSR count). The van der Waals surface area contributed by atoms with Gasteiger partial charge in [0.25, 0.3) is 5.56 Å². The van der Waals surface area contributed by atoms with Gasteiger partial charge < -0.3 is 24.1 Å². The minimum Gasteiger partial charge on any atom is -0.504 e. The van der Waals surface area contributed by atoms with Gasteiger partial charge in [-0.3, -0.25) is 9.36 Å². The maximum Gasteiger partial charge on any atom is 0.338 e. The molecule has 1 aliphatic heterocycles. The van der Waals surface area contributed by atoms with Crippen LogP contribution < -0.4 is 29.1 Å². The summed E-state index contributed by atoms with van der Waals surface area (Å²) in [6, 6.07) is 13.3. The summed E-state index contributed by atoms with van der Waals surface area (Å²) in [5, 5.41) is 11.6. The first kappa shape index (κ1) is 27.0. The number of hydrogen-bond acceptors (Lipinski definition) is 9. The van der Waals surface area contributed by atoms with E-state index < -0.39 is 12.0 Å². The molecule has 0 radical (unpaired) electrons. The third-order valence-electron chi connectivity index (χ3n) is 6.74. The number of nitrogens with zero attached hydrogens (tertiary/aromatic N) is 2. The lowest BCUT2D eigenvalue weighted by molar-refractivity contribution is -0.139. The predicted octanol–water partition coefficient (Wildman–Crippen LogP) is 3.68. The molecule has 40 heavy (non-hydrogen) atoms. The number of benzene rings is 3. The lowest BCUT2D eigenvalue weighted by Gasteiger charge is -2.27. The molecule has 0 fully saturated rings. The van der Waals surface area contributed by atoms with Gasteiger partial charge in [-0.1, -0.05) is 29.5 Å². The molecule has 0 saturated heterocycles. The zero-order chi connectivity index (χ0) is 28.6. The first-order valence-corrected chi connectivity index (χ1v) is 13.3. The Hall–Kier alpha value is -4.57. The van der Waals surface area contributed by atoms with Crippen LogP contribution in [0.25, 0.3) is 16.8 Å². The van der Waals surface area contributed by atoms with E-state index in [1.54, 1.807) is 46.3 Å². The Morgan fingerprint density at radius 3 is 2.50 bits per heavy atom. The summed E-state index contributed by atoms with van der Waals surface area (Å²) in [7, 11) is 4.59. The Balaban J connectivity index is 1.85. The second-order valence-electron chi connectivity index (χ2n) is 9.00. The molecule has 0 aliphatic carbocycles. The minimum atomic E-state index is -0.877. The summed E-state index contributed by atoms with van der Waals surface area (Å²) in [6.07, 6.45) is 1.70. The molecule has 2 heterocycles. The number of aromatic hydroxyl groups is 1. The fourth-order valence-corrected chi connectivity index (χ4v) is 5.94. The Kier molecular flexibility index (Phi) is 7.36. The van der Waals surface area contributed by atoms with Crippen molar-refractivity contribution in [2.24, 2.45) is 4.99 Å². The molecule has 0 bridgehead atoms. The molecule has 206 valence electrons. The molecule has 1 aromatic heterocycles. The summed E-state index contributed by atoms with van der Waals surface area (Å²) >= 11 is 1.20. The summed E-state index contributed by atoms with van der Waals surface area (Å²) < 4.78 is 23.9. The molecule has 0 amide bonds. The Morgan fingerprint density at radius 2 is 1.80 bits per heavy atom. The van der Waals surface area contributed by atoms with Gasteiger partial charge in [-0.05, 0) is 66.6 Å². The molecule has 0 spiro atoms. The Morgan fingerprint density at radius 1 is 1.05 bits per heavy atom. The second-order valence-corrected chi connectivity index (χ2v) is 10.0. The highest BCUT2D eigenvalue weighted by Crippen LogP contribution is 2.41. The van der Waals surface area contributed by atoms with E-state index in [4.69, 9.17) is 18.9 Å². The van der Waals surface area contributed by atoms with E-state index in [1.807, 2.05) is 30.3 Å². The van der Waals surface area contributed by atoms with Gasteiger partial charge in [-0.2, -0.15) is 0 Å². The number of allylic oxidation sites excluding steroid dienone is 1. The predicted molar refractivity (Wildman–Crippen MR) is 152 cm³/mol. The number of carbonyl (C=O) groups is 1. The number of thiazole rings is 1. The topological polar surface area (TPSA) is 109 Å². The maximum absolute atomic E-state index is 14.1. The molecule has 1 unspecified atom stereocenters. The number of aromatic nitrogens is 1. The molecule has 0 saturated carbocycles. The van der Waals surface area contributed by atoms with E-state index in [2.05, 4.69) is 4.99 Å². The first-order valence-electron chi connectivity index (χ1n) is 12.5. The van der Waals surface area contributed by atoms with E-state index in [1.165, 1.54) is 29.1 Å². The zero-order valence-electron chi connectivity index (χ0n) is 22.7. The van der Waals surface area contributed by atoms with Crippen molar-refractivity contribution < 1.29 is 28.8 Å². The standard InChI is InChI=1S/C30H28N2O7S/c1-6-39-29(35)25-16(2)31-30-32(28(34)24(40-30)14-17-7-11-21(33)23(13-17)38-5)27(25)26-20-15-19(36-3)10-8-18(20)9-12-22(26)37-4/h7-15,27,33H,6H2,1-5H3. The van der Waals surface area contributed by atoms with Gasteiger partial charge in [0.05, 0.1) is 43.7 Å². The monoisotopic (exact) mass is 560 g/mol. The summed E-state index contributed by atoms with van der Waals surface area (Å²) in [5.41, 5.74) is 1.64. The van der Waals surface area contributed by atoms with Gasteiger partial charge in [0, 0.05) is 5.56 Å². The lowest BCUT2D eigenvalue weighted by Crippen LogP contribution is -2.40. The van der Waals surface area contributed by atoms with Crippen molar-refractivity contribution in [1.82, 2.24) is 4.57 Å². The average Bonchev–Trinajstić information content (AvgIpc) is 3.26. The molecule has 3 aromatic carbocycles. The molecule has 4 aromatic rings. The first-order chi connectivity index (χ1) is 19.3. The fourth-order valence-electron chi connectivity index (χ4n) is 4.89. The van der Waals surface area contributed by atoms with Crippen LogP contribution in [0, 0.1) is 0 Å². The van der Waals surface area contributed by atoms with Crippen molar-refractivity contribution in [2.75, 3.05) is 27.9 Å². The highest BCUT2D eigenvalue weighted by atomic mass is 32.1. The number of rotatable bonds is 7. The Bertz CT molecular complexity index is 1850. The summed E-state index contributed by atoms with van der Waals surface area (Å²) in [6.45, 7) is 3.63. The second kappa shape index (κ2) is 10.9. The van der Waals surface area contributed by atoms with Crippen molar-refractivity contribution in [3.05, 3.63) is 90.6 Å². The van der Waals surface area contributed by atoms with Crippen molar-refractivity contribution >= 4 is 34.2 Å². The lowest BCUT2D eigenvalue weighted by atomic mass is 9.90. The summed E-state index contributed by atoms with van der Waals surface area (Å²) in [4.78, 5) is 32.6. The molecule has 1 N–H and O–H groups in total. The number of phenolic OH excluding ortho intramolecular Hbond substituents is 1. The van der Waals surface area contributed by atoms with Gasteiger partial charge in [0.15, 0.2) is 16.3 Å². The van der Waals surface area contributed by atoms with E-state index in [-0.39, 0.29) is 29.2 Å². The molecule has 9 nitrogen and oxygen atoms in total. The van der Waals surface area contributed by atoms with Crippen LogP contribution in [-0.2, 0) is 9.53 Å². The van der Waals surface area contributed by atoms with Crippen LogP contribution in [0.1, 0.15) is 31.0 Å². The van der Waals surface area contributed by atoms with Crippen molar-refractivity contribution in [2.45, 2.75) is 19.9 Å². The van der Waals surface area contributed by atoms with Crippen LogP contribution in [0.2, 0.25) is 0 Å². The quantitative estimate of drug-likeness (QED) is 0.344. The van der Waals surface area contributed by atoms with Crippen LogP contribution in [0.3, 0.4) is 0 Å². The van der Waals surface area contributed by atoms with E-state index in [0.29, 0.717) is 37.7 Å². The van der Waals surface area contributed by atoms with Crippen LogP contribution in [0.5, 0.6) is 23.0 Å². The van der Waals surface area contributed by atoms with Crippen LogP contribution in [-0.4, -0.2) is 43.6 Å². The van der Waals surface area contributed by atoms with Crippen molar-refractivity contribution in [1.29, 1.82) is 0 Å². The number of esters is 1. The largest absolute Gasteiger partial charge is 0.504 e. The highest BCUT2D eigenvalue weighted by Gasteiger charge is 2.36. The van der Waals surface area contributed by atoms with Crippen molar-refractivity contribution in [3.63, 3.8) is 0 Å². The SMILES string of the molecule is CCOC(=O)C1=C(C)N=c2sc(=Cc3ccc(O)c(OC)c3)c(=O)n2C1c1c(OC)ccc2ccc(OC)cc12. The fraction of sp³-hybridized carbons (Fsp3) is 0.233. The number of carbonyl (C=O) groups excluding carboxylic acids is 1. The summed E-state index contributed by atoms with van der Waals surface area (Å²) in [5.74, 6) is 0.839. The smallest absolute Gasteiger partial charge is 0.338 e. The molecular formula is C30H28N2O7S. The van der Waals surface area contributed by atoms with Crippen LogP contribution in [0.15, 0.2) is 69.6 Å². The normalized spacial score (nSPS) is 15.0. The maximum atomic E-state index is 14.1. The number of ether oxygens (including phenoxy) is 4. The highest BCUT2D eigenvalue weighted by molar-refractivity contribution is 7.07. The van der Waals surface area contributed by atoms with E-state index >= 15 is 0 Å². The third-order valence-corrected chi connectivity index (χ3v) is 7.73. The molecular weight excluding hydrogens is 532 g/mol. The third kappa shape index (κ3) is 4.60. The number of fused-ring (bicyclic) bond motifs is 2. The van der Waals surface area contributed by atoms with Crippen LogP contribution in [0.4, 0.5) is 0 Å². The number of hydrogen-bond donors (Lipinski definition) is 1. The van der Waals surface area contributed by atoms with Gasteiger partial charge in [0.2, 0.25) is 0 Å². The molecule has 10 heteroatoms. The molecule has 1 atom stereocenters. The number of phenols is 1. The van der Waals surface area contributed by atoms with Gasteiger partial charge in [-0.25, -0.2) is 9.79 Å².